The summed E-state index contributed by atoms with van der Waals surface area (Å²) in [5.74, 6) is 7.36. The van der Waals surface area contributed by atoms with Gasteiger partial charge in [0.1, 0.15) is 11.6 Å². The van der Waals surface area contributed by atoms with Crippen molar-refractivity contribution < 1.29 is 4.74 Å². The number of rotatable bonds is 6. The summed E-state index contributed by atoms with van der Waals surface area (Å²) in [5.41, 5.74) is 4.55. The number of hydrogen-bond acceptors (Lipinski definition) is 6. The highest BCUT2D eigenvalue weighted by Crippen LogP contribution is 2.12. The average Bonchev–Trinajstić information content (AvgIpc) is 2.47. The van der Waals surface area contributed by atoms with Crippen molar-refractivity contribution in [3.8, 4) is 5.75 Å². The van der Waals surface area contributed by atoms with Crippen molar-refractivity contribution in [1.29, 1.82) is 0 Å². The minimum Gasteiger partial charge on any atom is -0.497 e. The molecule has 2 rings (SSSR count). The zero-order valence-electron chi connectivity index (χ0n) is 11.7. The van der Waals surface area contributed by atoms with E-state index in [9.17, 15) is 0 Å². The maximum Gasteiger partial charge on any atom is 0.239 e. The third kappa shape index (κ3) is 3.83. The Bertz CT molecular complexity index is 556. The van der Waals surface area contributed by atoms with Crippen molar-refractivity contribution in [2.75, 3.05) is 24.4 Å². The number of nitrogens with two attached hydrogens (primary N) is 1. The van der Waals surface area contributed by atoms with Gasteiger partial charge in [-0.25, -0.2) is 10.8 Å². The Morgan fingerprint density at radius 2 is 1.95 bits per heavy atom. The third-order valence-corrected chi connectivity index (χ3v) is 2.86. The highest BCUT2D eigenvalue weighted by Gasteiger charge is 2.01. The predicted molar refractivity (Wildman–Crippen MR) is 79.8 cm³/mol. The van der Waals surface area contributed by atoms with Gasteiger partial charge in [0.15, 0.2) is 0 Å². The number of hydrazine groups is 1. The molecule has 1 aromatic carbocycles. The molecular formula is C14H19N5O. The van der Waals surface area contributed by atoms with Crippen molar-refractivity contribution in [2.24, 2.45) is 5.84 Å². The Kier molecular flexibility index (Phi) is 4.73. The SMILES string of the molecule is COc1ccc(CCNc2cc(C)nc(NN)n2)cc1. The van der Waals surface area contributed by atoms with E-state index in [0.717, 1.165) is 30.2 Å². The molecule has 1 aromatic heterocycles. The molecule has 6 nitrogen and oxygen atoms in total. The van der Waals surface area contributed by atoms with Crippen molar-refractivity contribution in [3.05, 3.63) is 41.6 Å². The van der Waals surface area contributed by atoms with Gasteiger partial charge >= 0.3 is 0 Å². The Morgan fingerprint density at radius 1 is 1.20 bits per heavy atom. The quantitative estimate of drug-likeness (QED) is 0.549. The number of nitrogens with zero attached hydrogens (tertiary/aromatic N) is 2. The molecule has 0 radical (unpaired) electrons. The molecule has 106 valence electrons. The van der Waals surface area contributed by atoms with Crippen LogP contribution in [0.1, 0.15) is 11.3 Å². The van der Waals surface area contributed by atoms with Gasteiger partial charge in [-0.05, 0) is 31.0 Å². The van der Waals surface area contributed by atoms with E-state index >= 15 is 0 Å². The zero-order valence-corrected chi connectivity index (χ0v) is 11.7. The maximum absolute atomic E-state index is 5.32. The van der Waals surface area contributed by atoms with Gasteiger partial charge in [-0.2, -0.15) is 4.98 Å². The van der Waals surface area contributed by atoms with E-state index in [1.807, 2.05) is 25.1 Å². The molecule has 0 saturated carbocycles. The van der Waals surface area contributed by atoms with Gasteiger partial charge in [0.05, 0.1) is 7.11 Å². The number of hydrogen-bond donors (Lipinski definition) is 3. The van der Waals surface area contributed by atoms with Gasteiger partial charge in [-0.3, -0.25) is 5.43 Å². The molecule has 0 unspecified atom stereocenters. The van der Waals surface area contributed by atoms with E-state index in [4.69, 9.17) is 10.6 Å². The Morgan fingerprint density at radius 3 is 2.60 bits per heavy atom. The summed E-state index contributed by atoms with van der Waals surface area (Å²) < 4.78 is 5.13. The summed E-state index contributed by atoms with van der Waals surface area (Å²) in [6.07, 6.45) is 0.901. The maximum atomic E-state index is 5.32. The molecule has 2 aromatic rings. The monoisotopic (exact) mass is 273 g/mol. The smallest absolute Gasteiger partial charge is 0.239 e. The number of aryl methyl sites for hydroxylation is 1. The number of anilines is 2. The lowest BCUT2D eigenvalue weighted by atomic mass is 10.1. The number of methoxy groups -OCH3 is 1. The van der Waals surface area contributed by atoms with Crippen molar-refractivity contribution in [3.63, 3.8) is 0 Å². The van der Waals surface area contributed by atoms with Crippen LogP contribution in [0.4, 0.5) is 11.8 Å². The fourth-order valence-corrected chi connectivity index (χ4v) is 1.85. The zero-order chi connectivity index (χ0) is 14.4. The molecule has 1 heterocycles. The molecule has 0 spiro atoms. The number of aromatic nitrogens is 2. The van der Waals surface area contributed by atoms with Crippen LogP contribution in [0.3, 0.4) is 0 Å². The van der Waals surface area contributed by atoms with Crippen molar-refractivity contribution in [2.45, 2.75) is 13.3 Å². The van der Waals surface area contributed by atoms with Crippen LogP contribution in [0.2, 0.25) is 0 Å². The fraction of sp³-hybridized carbons (Fsp3) is 0.286. The summed E-state index contributed by atoms with van der Waals surface area (Å²) in [6.45, 7) is 2.68. The first kappa shape index (κ1) is 14.1. The molecule has 4 N–H and O–H groups in total. The van der Waals surface area contributed by atoms with Gasteiger partial charge in [0, 0.05) is 18.3 Å². The van der Waals surface area contributed by atoms with E-state index in [0.29, 0.717) is 5.95 Å². The summed E-state index contributed by atoms with van der Waals surface area (Å²) in [4.78, 5) is 8.37. The van der Waals surface area contributed by atoms with Gasteiger partial charge in [-0.15, -0.1) is 0 Å². The minimum absolute atomic E-state index is 0.414. The van der Waals surface area contributed by atoms with Crippen LogP contribution in [0.25, 0.3) is 0 Å². The van der Waals surface area contributed by atoms with E-state index < -0.39 is 0 Å². The van der Waals surface area contributed by atoms with Crippen LogP contribution in [-0.4, -0.2) is 23.6 Å². The van der Waals surface area contributed by atoms with Crippen LogP contribution >= 0.6 is 0 Å². The number of benzene rings is 1. The summed E-state index contributed by atoms with van der Waals surface area (Å²) >= 11 is 0. The summed E-state index contributed by atoms with van der Waals surface area (Å²) in [5, 5.41) is 3.26. The van der Waals surface area contributed by atoms with E-state index in [1.165, 1.54) is 5.56 Å². The molecule has 0 fully saturated rings. The van der Waals surface area contributed by atoms with E-state index in [1.54, 1.807) is 7.11 Å². The van der Waals surface area contributed by atoms with Gasteiger partial charge in [0.25, 0.3) is 0 Å². The Balaban J connectivity index is 1.90. The van der Waals surface area contributed by atoms with Crippen LogP contribution in [0.15, 0.2) is 30.3 Å². The number of nitrogens with one attached hydrogen (secondary N) is 2. The Labute approximate surface area is 118 Å². The summed E-state index contributed by atoms with van der Waals surface area (Å²) in [7, 11) is 1.66. The molecule has 20 heavy (non-hydrogen) atoms. The van der Waals surface area contributed by atoms with Crippen LogP contribution in [-0.2, 0) is 6.42 Å². The third-order valence-electron chi connectivity index (χ3n) is 2.86. The molecule has 6 heteroatoms. The first-order valence-corrected chi connectivity index (χ1v) is 6.40. The second kappa shape index (κ2) is 6.72. The highest BCUT2D eigenvalue weighted by molar-refractivity contribution is 5.41. The number of ether oxygens (including phenoxy) is 1. The molecule has 0 aliphatic rings. The predicted octanol–water partition coefficient (Wildman–Crippen LogP) is 1.73. The van der Waals surface area contributed by atoms with Gasteiger partial charge in [-0.1, -0.05) is 12.1 Å². The molecule has 0 bridgehead atoms. The first-order chi connectivity index (χ1) is 9.71. The summed E-state index contributed by atoms with van der Waals surface area (Å²) in [6, 6.07) is 9.91. The van der Waals surface area contributed by atoms with Gasteiger partial charge < -0.3 is 10.1 Å². The van der Waals surface area contributed by atoms with Crippen LogP contribution < -0.4 is 21.3 Å². The first-order valence-electron chi connectivity index (χ1n) is 6.40. The van der Waals surface area contributed by atoms with Crippen molar-refractivity contribution >= 4 is 11.8 Å². The standard InChI is InChI=1S/C14H19N5O/c1-10-9-13(18-14(17-10)19-15)16-8-7-11-3-5-12(20-2)6-4-11/h3-6,9H,7-8,15H2,1-2H3,(H2,16,17,18,19). The molecule has 0 amide bonds. The Hall–Kier alpha value is -2.34. The lowest BCUT2D eigenvalue weighted by molar-refractivity contribution is 0.414. The second-order valence-corrected chi connectivity index (χ2v) is 4.39. The molecule has 0 aliphatic heterocycles. The fourth-order valence-electron chi connectivity index (χ4n) is 1.85. The highest BCUT2D eigenvalue weighted by atomic mass is 16.5. The second-order valence-electron chi connectivity index (χ2n) is 4.39. The van der Waals surface area contributed by atoms with Crippen molar-refractivity contribution in [1.82, 2.24) is 9.97 Å². The molecule has 0 atom stereocenters. The van der Waals surface area contributed by atoms with E-state index in [2.05, 4.69) is 32.8 Å². The molecule has 0 saturated heterocycles. The molecular weight excluding hydrogens is 254 g/mol. The number of nitrogen functional groups attached to an aromatic ring is 1. The minimum atomic E-state index is 0.414. The van der Waals surface area contributed by atoms with Crippen LogP contribution in [0.5, 0.6) is 5.75 Å². The average molecular weight is 273 g/mol. The normalized spacial score (nSPS) is 10.2. The van der Waals surface area contributed by atoms with Crippen LogP contribution in [0, 0.1) is 6.92 Å². The largest absolute Gasteiger partial charge is 0.497 e. The van der Waals surface area contributed by atoms with Gasteiger partial charge in [0.2, 0.25) is 5.95 Å². The lowest BCUT2D eigenvalue weighted by Crippen LogP contribution is -2.13. The lowest BCUT2D eigenvalue weighted by Gasteiger charge is -2.08. The molecule has 0 aliphatic carbocycles. The van der Waals surface area contributed by atoms with E-state index in [-0.39, 0.29) is 0 Å². The topological polar surface area (TPSA) is 85.1 Å².